The average Bonchev–Trinajstić information content (AvgIpc) is 2.55. The first kappa shape index (κ1) is 13.7. The molecule has 0 unspecified atom stereocenters. The highest BCUT2D eigenvalue weighted by Crippen LogP contribution is 2.27. The van der Waals surface area contributed by atoms with E-state index in [0.29, 0.717) is 0 Å². The molecule has 0 bridgehead atoms. The lowest BCUT2D eigenvalue weighted by molar-refractivity contribution is 0.415. The summed E-state index contributed by atoms with van der Waals surface area (Å²) in [5.41, 5.74) is 3.94. The minimum Gasteiger partial charge on any atom is -0.497 e. The van der Waals surface area contributed by atoms with Crippen molar-refractivity contribution in [2.45, 2.75) is 19.8 Å². The molecule has 0 saturated carbocycles. The van der Waals surface area contributed by atoms with Gasteiger partial charge in [-0.3, -0.25) is 0 Å². The van der Waals surface area contributed by atoms with Crippen molar-refractivity contribution in [2.75, 3.05) is 7.11 Å². The maximum absolute atomic E-state index is 5.27. The molecule has 3 aromatic rings. The molecule has 21 heavy (non-hydrogen) atoms. The first-order valence-corrected chi connectivity index (χ1v) is 7.47. The molecule has 0 aromatic heterocycles. The molecule has 0 radical (unpaired) electrons. The number of aryl methyl sites for hydroxylation is 1. The van der Waals surface area contributed by atoms with E-state index in [9.17, 15) is 0 Å². The topological polar surface area (TPSA) is 9.23 Å². The maximum atomic E-state index is 5.27. The van der Waals surface area contributed by atoms with Crippen LogP contribution in [0.15, 0.2) is 60.7 Å². The van der Waals surface area contributed by atoms with Crippen molar-refractivity contribution in [3.8, 4) is 16.9 Å². The molecule has 0 atom stereocenters. The Kier molecular flexibility index (Phi) is 3.92. The molecule has 0 aliphatic carbocycles. The van der Waals surface area contributed by atoms with Crippen LogP contribution in [-0.4, -0.2) is 7.11 Å². The summed E-state index contributed by atoms with van der Waals surface area (Å²) >= 11 is 0. The molecule has 3 rings (SSSR count). The van der Waals surface area contributed by atoms with E-state index in [1.807, 2.05) is 6.07 Å². The van der Waals surface area contributed by atoms with Crippen LogP contribution in [0.25, 0.3) is 21.9 Å². The third kappa shape index (κ3) is 2.92. The van der Waals surface area contributed by atoms with Crippen LogP contribution in [0.1, 0.15) is 18.9 Å². The Balaban J connectivity index is 1.96. The number of hydrogen-bond donors (Lipinski definition) is 0. The monoisotopic (exact) mass is 276 g/mol. The standard InChI is InChI=1S/C20H20O/c1-3-4-15-5-7-16(8-6-15)17-9-10-19-14-20(21-2)12-11-18(19)13-17/h5-14H,3-4H2,1-2H3. The van der Waals surface area contributed by atoms with Gasteiger partial charge in [0.2, 0.25) is 0 Å². The highest BCUT2D eigenvalue weighted by atomic mass is 16.5. The van der Waals surface area contributed by atoms with Crippen LogP contribution >= 0.6 is 0 Å². The lowest BCUT2D eigenvalue weighted by Crippen LogP contribution is -1.85. The Morgan fingerprint density at radius 1 is 0.762 bits per heavy atom. The Hall–Kier alpha value is -2.28. The van der Waals surface area contributed by atoms with E-state index in [-0.39, 0.29) is 0 Å². The van der Waals surface area contributed by atoms with Crippen LogP contribution in [0.4, 0.5) is 0 Å². The van der Waals surface area contributed by atoms with E-state index in [1.54, 1.807) is 7.11 Å². The van der Waals surface area contributed by atoms with Crippen molar-refractivity contribution < 1.29 is 4.74 Å². The van der Waals surface area contributed by atoms with E-state index in [4.69, 9.17) is 4.74 Å². The van der Waals surface area contributed by atoms with Gasteiger partial charge in [-0.1, -0.05) is 55.8 Å². The van der Waals surface area contributed by atoms with Crippen LogP contribution in [-0.2, 0) is 6.42 Å². The normalized spacial score (nSPS) is 10.8. The summed E-state index contributed by atoms with van der Waals surface area (Å²) in [7, 11) is 1.70. The summed E-state index contributed by atoms with van der Waals surface area (Å²) in [6.07, 6.45) is 2.34. The zero-order valence-corrected chi connectivity index (χ0v) is 12.6. The van der Waals surface area contributed by atoms with Crippen molar-refractivity contribution in [2.24, 2.45) is 0 Å². The average molecular weight is 276 g/mol. The zero-order chi connectivity index (χ0) is 14.7. The van der Waals surface area contributed by atoms with Crippen molar-refractivity contribution in [1.82, 2.24) is 0 Å². The molecule has 0 aliphatic rings. The summed E-state index contributed by atoms with van der Waals surface area (Å²) in [4.78, 5) is 0. The van der Waals surface area contributed by atoms with Crippen LogP contribution in [0, 0.1) is 0 Å². The summed E-state index contributed by atoms with van der Waals surface area (Å²) in [5, 5.41) is 2.45. The van der Waals surface area contributed by atoms with Gasteiger partial charge in [-0.05, 0) is 52.1 Å². The van der Waals surface area contributed by atoms with Crippen LogP contribution < -0.4 is 4.74 Å². The summed E-state index contributed by atoms with van der Waals surface area (Å²) in [5.74, 6) is 0.902. The summed E-state index contributed by atoms with van der Waals surface area (Å²) in [6.45, 7) is 2.21. The highest BCUT2D eigenvalue weighted by molar-refractivity contribution is 5.88. The van der Waals surface area contributed by atoms with Gasteiger partial charge >= 0.3 is 0 Å². The summed E-state index contributed by atoms with van der Waals surface area (Å²) < 4.78 is 5.27. The van der Waals surface area contributed by atoms with Crippen LogP contribution in [0.3, 0.4) is 0 Å². The number of benzene rings is 3. The van der Waals surface area contributed by atoms with Crippen molar-refractivity contribution in [1.29, 1.82) is 0 Å². The summed E-state index contributed by atoms with van der Waals surface area (Å²) in [6, 6.07) is 21.7. The van der Waals surface area contributed by atoms with Crippen molar-refractivity contribution in [3.05, 3.63) is 66.2 Å². The molecule has 0 fully saturated rings. The molecule has 0 N–H and O–H groups in total. The maximum Gasteiger partial charge on any atom is 0.119 e. The van der Waals surface area contributed by atoms with Gasteiger partial charge in [0.25, 0.3) is 0 Å². The molecular formula is C20H20O. The minimum atomic E-state index is 0.902. The van der Waals surface area contributed by atoms with Crippen LogP contribution in [0.2, 0.25) is 0 Å². The van der Waals surface area contributed by atoms with Crippen molar-refractivity contribution >= 4 is 10.8 Å². The largest absolute Gasteiger partial charge is 0.497 e. The molecule has 0 spiro atoms. The molecule has 0 aliphatic heterocycles. The lowest BCUT2D eigenvalue weighted by Gasteiger charge is -2.07. The van der Waals surface area contributed by atoms with E-state index in [2.05, 4.69) is 61.5 Å². The van der Waals surface area contributed by atoms with Gasteiger partial charge in [-0.2, -0.15) is 0 Å². The molecule has 0 amide bonds. The van der Waals surface area contributed by atoms with E-state index >= 15 is 0 Å². The fourth-order valence-electron chi connectivity index (χ4n) is 2.68. The Bertz CT molecular complexity index is 741. The lowest BCUT2D eigenvalue weighted by atomic mass is 9.99. The second-order valence-electron chi connectivity index (χ2n) is 5.37. The number of fused-ring (bicyclic) bond motifs is 1. The highest BCUT2D eigenvalue weighted by Gasteiger charge is 2.01. The number of hydrogen-bond acceptors (Lipinski definition) is 1. The molecular weight excluding hydrogens is 256 g/mol. The van der Waals surface area contributed by atoms with Crippen molar-refractivity contribution in [3.63, 3.8) is 0 Å². The Morgan fingerprint density at radius 2 is 1.43 bits per heavy atom. The zero-order valence-electron chi connectivity index (χ0n) is 12.6. The Morgan fingerprint density at radius 3 is 2.14 bits per heavy atom. The first-order valence-electron chi connectivity index (χ1n) is 7.47. The predicted molar refractivity (Wildman–Crippen MR) is 89.9 cm³/mol. The third-order valence-electron chi connectivity index (χ3n) is 3.87. The van der Waals surface area contributed by atoms with Crippen LogP contribution in [0.5, 0.6) is 5.75 Å². The number of methoxy groups -OCH3 is 1. The Labute approximate surface area is 126 Å². The second kappa shape index (κ2) is 6.01. The number of rotatable bonds is 4. The molecule has 1 nitrogen and oxygen atoms in total. The van der Waals surface area contributed by atoms with Gasteiger partial charge < -0.3 is 4.74 Å². The molecule has 0 heterocycles. The third-order valence-corrected chi connectivity index (χ3v) is 3.87. The SMILES string of the molecule is CCCc1ccc(-c2ccc3cc(OC)ccc3c2)cc1. The smallest absolute Gasteiger partial charge is 0.119 e. The van der Waals surface area contributed by atoms with E-state index < -0.39 is 0 Å². The van der Waals surface area contributed by atoms with Gasteiger partial charge in [0, 0.05) is 0 Å². The first-order chi connectivity index (χ1) is 10.3. The fourth-order valence-corrected chi connectivity index (χ4v) is 2.68. The van der Waals surface area contributed by atoms with E-state index in [1.165, 1.54) is 33.9 Å². The minimum absolute atomic E-state index is 0.902. The quantitative estimate of drug-likeness (QED) is 0.614. The molecule has 1 heteroatoms. The van der Waals surface area contributed by atoms with Gasteiger partial charge in [0.05, 0.1) is 7.11 Å². The van der Waals surface area contributed by atoms with Gasteiger partial charge in [-0.25, -0.2) is 0 Å². The second-order valence-corrected chi connectivity index (χ2v) is 5.37. The molecule has 3 aromatic carbocycles. The van der Waals surface area contributed by atoms with Gasteiger partial charge in [0.1, 0.15) is 5.75 Å². The molecule has 0 saturated heterocycles. The van der Waals surface area contributed by atoms with E-state index in [0.717, 1.165) is 12.2 Å². The predicted octanol–water partition coefficient (Wildman–Crippen LogP) is 5.47. The van der Waals surface area contributed by atoms with Gasteiger partial charge in [0.15, 0.2) is 0 Å². The fraction of sp³-hybridized carbons (Fsp3) is 0.200. The number of ether oxygens (including phenoxy) is 1. The molecule has 106 valence electrons. The van der Waals surface area contributed by atoms with Gasteiger partial charge in [-0.15, -0.1) is 0 Å².